The molecule has 0 aromatic heterocycles. The molecule has 0 aliphatic carbocycles. The Morgan fingerprint density at radius 3 is 2.36 bits per heavy atom. The van der Waals surface area contributed by atoms with Crippen LogP contribution in [-0.4, -0.2) is 47.3 Å². The van der Waals surface area contributed by atoms with Crippen LogP contribution in [0.1, 0.15) is 56.5 Å². The van der Waals surface area contributed by atoms with E-state index in [9.17, 15) is 19.2 Å². The lowest BCUT2D eigenvalue weighted by atomic mass is 9.93. The van der Waals surface area contributed by atoms with Crippen molar-refractivity contribution >= 4 is 23.7 Å². The molecule has 8 nitrogen and oxygen atoms in total. The number of hydrogen-bond acceptors (Lipinski definition) is 6. The Kier molecular flexibility index (Phi) is 6.77. The standard InChI is InChI=1S/C20H26N2O6/c1-5-20(6-2)18(25)22(19(26)21-20)11-17(24)28-12-15-10-14(13(4)23)8-9-16(15)27-7-3/h8-10H,5-7,11-12H2,1-4H3,(H,21,26). The van der Waals surface area contributed by atoms with Crippen LogP contribution in [0.5, 0.6) is 5.75 Å². The number of ether oxygens (including phenoxy) is 2. The molecule has 0 saturated carbocycles. The highest BCUT2D eigenvalue weighted by Gasteiger charge is 2.49. The minimum absolute atomic E-state index is 0.120. The van der Waals surface area contributed by atoms with Gasteiger partial charge in [0, 0.05) is 11.1 Å². The monoisotopic (exact) mass is 390 g/mol. The first-order valence-electron chi connectivity index (χ1n) is 9.34. The molecule has 8 heteroatoms. The minimum atomic E-state index is -0.963. The average molecular weight is 390 g/mol. The number of imide groups is 1. The first-order valence-corrected chi connectivity index (χ1v) is 9.34. The normalized spacial score (nSPS) is 15.4. The number of carbonyl (C=O) groups is 4. The quantitative estimate of drug-likeness (QED) is 0.395. The third-order valence-corrected chi connectivity index (χ3v) is 4.90. The first kappa shape index (κ1) is 21.4. The second-order valence-corrected chi connectivity index (χ2v) is 6.58. The molecule has 1 aliphatic heterocycles. The molecular formula is C20H26N2O6. The summed E-state index contributed by atoms with van der Waals surface area (Å²) >= 11 is 0. The predicted molar refractivity (Wildman–Crippen MR) is 101 cm³/mol. The van der Waals surface area contributed by atoms with Crippen molar-refractivity contribution in [2.75, 3.05) is 13.2 Å². The smallest absolute Gasteiger partial charge is 0.326 e. The van der Waals surface area contributed by atoms with E-state index in [0.717, 1.165) is 4.90 Å². The number of benzene rings is 1. The minimum Gasteiger partial charge on any atom is -0.493 e. The molecule has 2 rings (SSSR count). The highest BCUT2D eigenvalue weighted by atomic mass is 16.5. The van der Waals surface area contributed by atoms with Crippen molar-refractivity contribution < 1.29 is 28.7 Å². The topological polar surface area (TPSA) is 102 Å². The van der Waals surface area contributed by atoms with Crippen LogP contribution in [0, 0.1) is 0 Å². The van der Waals surface area contributed by atoms with Crippen molar-refractivity contribution in [2.45, 2.75) is 52.7 Å². The zero-order chi connectivity index (χ0) is 20.9. The lowest BCUT2D eigenvalue weighted by Gasteiger charge is -2.22. The summed E-state index contributed by atoms with van der Waals surface area (Å²) in [6.07, 6.45) is 0.879. The average Bonchev–Trinajstić information content (AvgIpc) is 2.91. The van der Waals surface area contributed by atoms with Crippen LogP contribution < -0.4 is 10.1 Å². The van der Waals surface area contributed by atoms with Crippen LogP contribution in [0.15, 0.2) is 18.2 Å². The van der Waals surface area contributed by atoms with Crippen LogP contribution in [-0.2, 0) is 20.9 Å². The molecule has 1 aromatic rings. The Balaban J connectivity index is 2.06. The zero-order valence-electron chi connectivity index (χ0n) is 16.7. The molecule has 152 valence electrons. The zero-order valence-corrected chi connectivity index (χ0v) is 16.7. The lowest BCUT2D eigenvalue weighted by Crippen LogP contribution is -2.46. The van der Waals surface area contributed by atoms with E-state index >= 15 is 0 Å². The number of nitrogens with one attached hydrogen (secondary N) is 1. The Morgan fingerprint density at radius 1 is 1.14 bits per heavy atom. The Hall–Kier alpha value is -2.90. The lowest BCUT2D eigenvalue weighted by molar-refractivity contribution is -0.149. The van der Waals surface area contributed by atoms with Gasteiger partial charge >= 0.3 is 12.0 Å². The van der Waals surface area contributed by atoms with Crippen molar-refractivity contribution in [3.63, 3.8) is 0 Å². The van der Waals surface area contributed by atoms with Crippen molar-refractivity contribution in [1.29, 1.82) is 0 Å². The molecule has 1 N–H and O–H groups in total. The molecule has 1 aromatic carbocycles. The van der Waals surface area contributed by atoms with E-state index in [2.05, 4.69) is 5.32 Å². The largest absolute Gasteiger partial charge is 0.493 e. The summed E-state index contributed by atoms with van der Waals surface area (Å²) in [4.78, 5) is 49.4. The molecule has 0 unspecified atom stereocenters. The van der Waals surface area contributed by atoms with Gasteiger partial charge in [-0.25, -0.2) is 4.79 Å². The summed E-state index contributed by atoms with van der Waals surface area (Å²) in [7, 11) is 0. The van der Waals surface area contributed by atoms with Gasteiger partial charge in [0.1, 0.15) is 24.4 Å². The predicted octanol–water partition coefficient (Wildman–Crippen LogP) is 2.44. The molecule has 1 heterocycles. The molecule has 3 amide bonds. The van der Waals surface area contributed by atoms with Gasteiger partial charge in [-0.2, -0.15) is 0 Å². The molecule has 1 fully saturated rings. The van der Waals surface area contributed by atoms with E-state index in [1.807, 2.05) is 6.92 Å². The Labute approximate surface area is 164 Å². The third-order valence-electron chi connectivity index (χ3n) is 4.90. The van der Waals surface area contributed by atoms with Gasteiger partial charge in [-0.3, -0.25) is 19.3 Å². The van der Waals surface area contributed by atoms with Crippen molar-refractivity contribution in [1.82, 2.24) is 10.2 Å². The van der Waals surface area contributed by atoms with Crippen LogP contribution in [0.2, 0.25) is 0 Å². The van der Waals surface area contributed by atoms with Gasteiger partial charge < -0.3 is 14.8 Å². The summed E-state index contributed by atoms with van der Waals surface area (Å²) in [6, 6.07) is 4.30. The maximum absolute atomic E-state index is 12.5. The molecule has 28 heavy (non-hydrogen) atoms. The van der Waals surface area contributed by atoms with E-state index in [-0.39, 0.29) is 12.4 Å². The highest BCUT2D eigenvalue weighted by Crippen LogP contribution is 2.25. The van der Waals surface area contributed by atoms with Gasteiger partial charge in [0.05, 0.1) is 6.61 Å². The summed E-state index contributed by atoms with van der Waals surface area (Å²) in [5.74, 6) is -0.757. The number of Topliss-reactive ketones (excluding diaryl/α,β-unsaturated/α-hetero) is 1. The van der Waals surface area contributed by atoms with Crippen LogP contribution in [0.4, 0.5) is 4.79 Å². The van der Waals surface area contributed by atoms with E-state index < -0.39 is 30.0 Å². The number of nitrogens with zero attached hydrogens (tertiary/aromatic N) is 1. The molecule has 1 saturated heterocycles. The number of esters is 1. The van der Waals surface area contributed by atoms with Crippen LogP contribution in [0.3, 0.4) is 0 Å². The van der Waals surface area contributed by atoms with Crippen molar-refractivity contribution in [3.05, 3.63) is 29.3 Å². The van der Waals surface area contributed by atoms with Crippen LogP contribution in [0.25, 0.3) is 0 Å². The number of amides is 3. The Bertz CT molecular complexity index is 785. The van der Waals surface area contributed by atoms with Crippen LogP contribution >= 0.6 is 0 Å². The van der Waals surface area contributed by atoms with Crippen molar-refractivity contribution in [2.24, 2.45) is 0 Å². The fraction of sp³-hybridized carbons (Fsp3) is 0.500. The summed E-state index contributed by atoms with van der Waals surface area (Å²) in [6.45, 7) is 6.69. The van der Waals surface area contributed by atoms with Gasteiger partial charge in [0.25, 0.3) is 5.91 Å². The van der Waals surface area contributed by atoms with Gasteiger partial charge in [-0.05, 0) is 44.9 Å². The second kappa shape index (κ2) is 8.86. The molecule has 1 aliphatic rings. The number of hydrogen-bond donors (Lipinski definition) is 1. The second-order valence-electron chi connectivity index (χ2n) is 6.58. The van der Waals surface area contributed by atoms with Gasteiger partial charge in [0.15, 0.2) is 5.78 Å². The Morgan fingerprint density at radius 2 is 1.82 bits per heavy atom. The fourth-order valence-electron chi connectivity index (χ4n) is 3.09. The van der Waals surface area contributed by atoms with Gasteiger partial charge in [-0.1, -0.05) is 13.8 Å². The number of rotatable bonds is 9. The van der Waals surface area contributed by atoms with E-state index in [1.54, 1.807) is 32.0 Å². The summed E-state index contributed by atoms with van der Waals surface area (Å²) in [5.41, 5.74) is 0.0471. The maximum Gasteiger partial charge on any atom is 0.326 e. The number of urea groups is 1. The molecule has 0 radical (unpaired) electrons. The summed E-state index contributed by atoms with van der Waals surface area (Å²) in [5, 5.41) is 2.66. The van der Waals surface area contributed by atoms with E-state index in [1.165, 1.54) is 6.92 Å². The SMILES string of the molecule is CCOc1ccc(C(C)=O)cc1COC(=O)CN1C(=O)NC(CC)(CC)C1=O. The number of carbonyl (C=O) groups excluding carboxylic acids is 4. The molecule has 0 spiro atoms. The maximum atomic E-state index is 12.5. The fourth-order valence-corrected chi connectivity index (χ4v) is 3.09. The first-order chi connectivity index (χ1) is 13.3. The van der Waals surface area contributed by atoms with Crippen molar-refractivity contribution in [3.8, 4) is 5.75 Å². The van der Waals surface area contributed by atoms with E-state index in [4.69, 9.17) is 9.47 Å². The molecular weight excluding hydrogens is 364 g/mol. The number of ketones is 1. The summed E-state index contributed by atoms with van der Waals surface area (Å²) < 4.78 is 10.7. The molecule has 0 bridgehead atoms. The van der Waals surface area contributed by atoms with E-state index in [0.29, 0.717) is 36.3 Å². The van der Waals surface area contributed by atoms with Gasteiger partial charge in [-0.15, -0.1) is 0 Å². The third kappa shape index (κ3) is 4.32. The highest BCUT2D eigenvalue weighted by molar-refractivity contribution is 6.08. The van der Waals surface area contributed by atoms with Gasteiger partial charge in [0.2, 0.25) is 0 Å². The molecule has 0 atom stereocenters.